The van der Waals surface area contributed by atoms with Gasteiger partial charge in [-0.1, -0.05) is 18.2 Å². The second-order valence-electron chi connectivity index (χ2n) is 6.23. The van der Waals surface area contributed by atoms with Crippen LogP contribution in [0, 0.1) is 17.6 Å². The van der Waals surface area contributed by atoms with Crippen LogP contribution in [0.3, 0.4) is 0 Å². The minimum atomic E-state index is -4.60. The third-order valence-corrected chi connectivity index (χ3v) is 4.45. The molecule has 2 heterocycles. The van der Waals surface area contributed by atoms with Crippen LogP contribution in [0.1, 0.15) is 22.7 Å². The van der Waals surface area contributed by atoms with E-state index in [1.54, 1.807) is 0 Å². The number of hydrogen-bond acceptors (Lipinski definition) is 3. The summed E-state index contributed by atoms with van der Waals surface area (Å²) in [4.78, 5) is 27.8. The number of nitrogens with zero attached hydrogens (tertiary/aromatic N) is 1. The summed E-state index contributed by atoms with van der Waals surface area (Å²) in [5, 5.41) is 4.85. The largest absolute Gasteiger partial charge is 0.433 e. The fourth-order valence-corrected chi connectivity index (χ4v) is 3.00. The van der Waals surface area contributed by atoms with Gasteiger partial charge in [-0.25, -0.2) is 8.78 Å². The van der Waals surface area contributed by atoms with E-state index in [4.69, 9.17) is 0 Å². The Morgan fingerprint density at radius 1 is 1.21 bits per heavy atom. The summed E-state index contributed by atoms with van der Waals surface area (Å²) >= 11 is 0. The van der Waals surface area contributed by atoms with Crippen LogP contribution in [0.5, 0.6) is 0 Å². The Hall–Kier alpha value is -3.04. The van der Waals surface area contributed by atoms with Crippen LogP contribution in [0.2, 0.25) is 0 Å². The van der Waals surface area contributed by atoms with Crippen molar-refractivity contribution < 1.29 is 31.5 Å². The molecule has 2 unspecified atom stereocenters. The van der Waals surface area contributed by atoms with Crippen LogP contribution in [-0.2, 0) is 22.3 Å². The zero-order valence-electron chi connectivity index (χ0n) is 14.2. The summed E-state index contributed by atoms with van der Waals surface area (Å²) in [6, 6.07) is 5.42. The van der Waals surface area contributed by atoms with E-state index in [0.717, 1.165) is 24.4 Å². The lowest BCUT2D eigenvalue weighted by Crippen LogP contribution is -2.37. The Labute approximate surface area is 156 Å². The van der Waals surface area contributed by atoms with Gasteiger partial charge in [0.15, 0.2) is 11.6 Å². The molecule has 1 saturated heterocycles. The molecule has 10 heteroatoms. The standard InChI is InChI=1S/C18H14F5N3O2/c19-12-3-1-2-10(15(12)20)7-25-16(27)14-11(8-26-17(14)28)9-4-5-13(24-6-9)18(21,22)23/h1-6,11,14H,7-8H2,(H,25,27)(H,26,28). The number of aromatic nitrogens is 1. The molecule has 0 spiro atoms. The number of pyridine rings is 1. The first-order valence-electron chi connectivity index (χ1n) is 8.20. The fraction of sp³-hybridized carbons (Fsp3) is 0.278. The average Bonchev–Trinajstić information content (AvgIpc) is 3.03. The lowest BCUT2D eigenvalue weighted by Gasteiger charge is -2.17. The monoisotopic (exact) mass is 399 g/mol. The molecule has 1 fully saturated rings. The summed E-state index contributed by atoms with van der Waals surface area (Å²) in [5.41, 5.74) is -0.904. The summed E-state index contributed by atoms with van der Waals surface area (Å²) in [6.45, 7) is -0.303. The normalized spacial score (nSPS) is 19.4. The minimum absolute atomic E-state index is 0.0400. The molecule has 0 saturated carbocycles. The molecule has 1 aliphatic heterocycles. The van der Waals surface area contributed by atoms with Crippen LogP contribution in [0.25, 0.3) is 0 Å². The molecule has 1 aliphatic rings. The van der Waals surface area contributed by atoms with Gasteiger partial charge in [0.25, 0.3) is 0 Å². The topological polar surface area (TPSA) is 71.1 Å². The first kappa shape index (κ1) is 19.7. The highest BCUT2D eigenvalue weighted by Gasteiger charge is 2.41. The highest BCUT2D eigenvalue weighted by molar-refractivity contribution is 6.02. The number of hydrogen-bond donors (Lipinski definition) is 2. The van der Waals surface area contributed by atoms with Gasteiger partial charge in [0.2, 0.25) is 11.8 Å². The van der Waals surface area contributed by atoms with Crippen molar-refractivity contribution in [2.45, 2.75) is 18.6 Å². The number of halogens is 5. The van der Waals surface area contributed by atoms with E-state index in [-0.39, 0.29) is 24.2 Å². The molecule has 1 aromatic carbocycles. The van der Waals surface area contributed by atoms with Gasteiger partial charge >= 0.3 is 6.18 Å². The first-order chi connectivity index (χ1) is 13.2. The van der Waals surface area contributed by atoms with E-state index in [1.165, 1.54) is 12.1 Å². The molecule has 2 atom stereocenters. The van der Waals surface area contributed by atoms with Crippen molar-refractivity contribution >= 4 is 11.8 Å². The molecule has 1 aromatic heterocycles. The van der Waals surface area contributed by atoms with E-state index in [2.05, 4.69) is 15.6 Å². The van der Waals surface area contributed by atoms with E-state index < -0.39 is 47.2 Å². The number of alkyl halides is 3. The van der Waals surface area contributed by atoms with Crippen molar-refractivity contribution in [1.29, 1.82) is 0 Å². The number of carbonyl (C=O) groups excluding carboxylic acids is 2. The molecule has 3 rings (SSSR count). The van der Waals surface area contributed by atoms with Gasteiger partial charge in [-0.2, -0.15) is 13.2 Å². The maximum absolute atomic E-state index is 13.7. The Bertz CT molecular complexity index is 899. The maximum Gasteiger partial charge on any atom is 0.433 e. The SMILES string of the molecule is O=C(NCc1cccc(F)c1F)C1C(=O)NCC1c1ccc(C(F)(F)F)nc1. The molecule has 148 valence electrons. The molecule has 5 nitrogen and oxygen atoms in total. The Morgan fingerprint density at radius 3 is 2.61 bits per heavy atom. The molecule has 28 heavy (non-hydrogen) atoms. The lowest BCUT2D eigenvalue weighted by molar-refractivity contribution is -0.141. The lowest BCUT2D eigenvalue weighted by atomic mass is 9.88. The van der Waals surface area contributed by atoms with Crippen LogP contribution in [0.15, 0.2) is 36.5 Å². The Kier molecular flexibility index (Phi) is 5.30. The Balaban J connectivity index is 1.74. The number of nitrogens with one attached hydrogen (secondary N) is 2. The highest BCUT2D eigenvalue weighted by Crippen LogP contribution is 2.32. The molecule has 2 amide bonds. The number of amides is 2. The highest BCUT2D eigenvalue weighted by atomic mass is 19.4. The summed E-state index contributed by atoms with van der Waals surface area (Å²) in [7, 11) is 0. The van der Waals surface area contributed by atoms with Crippen molar-refractivity contribution in [2.24, 2.45) is 5.92 Å². The van der Waals surface area contributed by atoms with Gasteiger partial charge in [0.05, 0.1) is 0 Å². The first-order valence-corrected chi connectivity index (χ1v) is 8.20. The molecular weight excluding hydrogens is 385 g/mol. The summed E-state index contributed by atoms with van der Waals surface area (Å²) in [6.07, 6.45) is -3.63. The molecule has 0 aliphatic carbocycles. The van der Waals surface area contributed by atoms with Crippen molar-refractivity contribution in [3.8, 4) is 0 Å². The zero-order valence-corrected chi connectivity index (χ0v) is 14.2. The number of rotatable bonds is 4. The predicted octanol–water partition coefficient (Wildman–Crippen LogP) is 2.52. The van der Waals surface area contributed by atoms with Crippen LogP contribution >= 0.6 is 0 Å². The summed E-state index contributed by atoms with van der Waals surface area (Å²) in [5.74, 6) is -5.50. The zero-order chi connectivity index (χ0) is 20.5. The number of carbonyl (C=O) groups is 2. The maximum atomic E-state index is 13.7. The van der Waals surface area contributed by atoms with Gasteiger partial charge < -0.3 is 10.6 Å². The van der Waals surface area contributed by atoms with Gasteiger partial charge in [-0.15, -0.1) is 0 Å². The second-order valence-corrected chi connectivity index (χ2v) is 6.23. The van der Waals surface area contributed by atoms with E-state index >= 15 is 0 Å². The minimum Gasteiger partial charge on any atom is -0.355 e. The molecule has 0 bridgehead atoms. The van der Waals surface area contributed by atoms with Crippen molar-refractivity contribution in [2.75, 3.05) is 6.54 Å². The van der Waals surface area contributed by atoms with Crippen molar-refractivity contribution in [3.05, 3.63) is 65.0 Å². The third kappa shape index (κ3) is 3.95. The van der Waals surface area contributed by atoms with Gasteiger partial charge in [0.1, 0.15) is 11.6 Å². The quantitative estimate of drug-likeness (QED) is 0.613. The van der Waals surface area contributed by atoms with E-state index in [9.17, 15) is 31.5 Å². The average molecular weight is 399 g/mol. The molecule has 2 N–H and O–H groups in total. The van der Waals surface area contributed by atoms with Gasteiger partial charge in [0, 0.05) is 30.8 Å². The van der Waals surface area contributed by atoms with Crippen LogP contribution in [-0.4, -0.2) is 23.3 Å². The fourth-order valence-electron chi connectivity index (χ4n) is 3.00. The van der Waals surface area contributed by atoms with Crippen molar-refractivity contribution in [1.82, 2.24) is 15.6 Å². The Morgan fingerprint density at radius 2 is 1.96 bits per heavy atom. The van der Waals surface area contributed by atoms with Gasteiger partial charge in [-0.3, -0.25) is 14.6 Å². The smallest absolute Gasteiger partial charge is 0.355 e. The van der Waals surface area contributed by atoms with E-state index in [1.807, 2.05) is 0 Å². The molecular formula is C18H14F5N3O2. The third-order valence-electron chi connectivity index (χ3n) is 4.45. The summed E-state index contributed by atoms with van der Waals surface area (Å²) < 4.78 is 64.8. The predicted molar refractivity (Wildman–Crippen MR) is 86.7 cm³/mol. The van der Waals surface area contributed by atoms with Gasteiger partial charge in [-0.05, 0) is 17.7 Å². The molecule has 0 radical (unpaired) electrons. The number of benzene rings is 1. The second kappa shape index (κ2) is 7.53. The van der Waals surface area contributed by atoms with E-state index in [0.29, 0.717) is 0 Å². The van der Waals surface area contributed by atoms with Crippen LogP contribution < -0.4 is 10.6 Å². The molecule has 2 aromatic rings. The van der Waals surface area contributed by atoms with Crippen molar-refractivity contribution in [3.63, 3.8) is 0 Å². The van der Waals surface area contributed by atoms with Crippen LogP contribution in [0.4, 0.5) is 22.0 Å².